The van der Waals surface area contributed by atoms with Gasteiger partial charge in [-0.1, -0.05) is 12.8 Å². The zero-order valence-electron chi connectivity index (χ0n) is 11.0. The van der Waals surface area contributed by atoms with Gasteiger partial charge in [-0.3, -0.25) is 4.79 Å². The lowest BCUT2D eigenvalue weighted by molar-refractivity contribution is 0.0880. The van der Waals surface area contributed by atoms with Gasteiger partial charge in [-0.25, -0.2) is 0 Å². The minimum absolute atomic E-state index is 0.117. The number of aliphatic hydroxyl groups is 1. The summed E-state index contributed by atoms with van der Waals surface area (Å²) in [6.07, 6.45) is 4.15. The van der Waals surface area contributed by atoms with Crippen molar-refractivity contribution in [2.75, 3.05) is 24.6 Å². The second-order valence-electron chi connectivity index (χ2n) is 5.44. The van der Waals surface area contributed by atoms with Gasteiger partial charge < -0.3 is 21.9 Å². The third-order valence-corrected chi connectivity index (χ3v) is 3.86. The number of hydrogen-bond acceptors (Lipinski definition) is 4. The molecule has 6 N–H and O–H groups in total. The van der Waals surface area contributed by atoms with E-state index in [4.69, 9.17) is 11.5 Å². The number of nitrogens with two attached hydrogens (primary N) is 2. The van der Waals surface area contributed by atoms with Crippen LogP contribution in [0.3, 0.4) is 0 Å². The van der Waals surface area contributed by atoms with E-state index in [1.807, 2.05) is 0 Å². The Balaban J connectivity index is 2.01. The second kappa shape index (κ2) is 5.48. The number of nitrogen functional groups attached to an aromatic ring is 2. The Morgan fingerprint density at radius 2 is 1.79 bits per heavy atom. The maximum atomic E-state index is 12.1. The fraction of sp³-hybridized carbons (Fsp3) is 0.500. The number of hydrogen-bond donors (Lipinski definition) is 4. The molecule has 1 amide bonds. The Kier molecular flexibility index (Phi) is 3.95. The van der Waals surface area contributed by atoms with Gasteiger partial charge in [-0.05, 0) is 31.0 Å². The molecule has 5 heteroatoms. The highest BCUT2D eigenvalue weighted by molar-refractivity contribution is 5.96. The molecule has 0 aliphatic heterocycles. The summed E-state index contributed by atoms with van der Waals surface area (Å²) in [6.45, 7) is 0.614. The van der Waals surface area contributed by atoms with Gasteiger partial charge >= 0.3 is 0 Å². The first-order chi connectivity index (χ1) is 9.04. The van der Waals surface area contributed by atoms with Crippen LogP contribution in [-0.4, -0.2) is 24.2 Å². The van der Waals surface area contributed by atoms with Crippen LogP contribution in [0.15, 0.2) is 18.2 Å². The molecule has 19 heavy (non-hydrogen) atoms. The maximum absolute atomic E-state index is 12.1. The molecule has 0 unspecified atom stereocenters. The van der Waals surface area contributed by atoms with E-state index in [9.17, 15) is 9.90 Å². The molecule has 1 aromatic rings. The van der Waals surface area contributed by atoms with Crippen LogP contribution in [0.4, 0.5) is 11.4 Å². The lowest BCUT2D eigenvalue weighted by Crippen LogP contribution is -2.38. The van der Waals surface area contributed by atoms with Crippen LogP contribution in [0.1, 0.15) is 36.0 Å². The Hall–Kier alpha value is -1.75. The van der Waals surface area contributed by atoms with Crippen molar-refractivity contribution in [3.63, 3.8) is 0 Å². The number of rotatable bonds is 4. The lowest BCUT2D eigenvalue weighted by atomic mass is 9.87. The summed E-state index contributed by atoms with van der Waals surface area (Å²) < 4.78 is 0. The van der Waals surface area contributed by atoms with Gasteiger partial charge in [-0.2, -0.15) is 0 Å². The lowest BCUT2D eigenvalue weighted by Gasteiger charge is -2.26. The minimum Gasteiger partial charge on any atom is -0.399 e. The van der Waals surface area contributed by atoms with Gasteiger partial charge in [0.05, 0.1) is 6.61 Å². The van der Waals surface area contributed by atoms with Crippen molar-refractivity contribution in [1.82, 2.24) is 5.32 Å². The van der Waals surface area contributed by atoms with Crippen LogP contribution in [0, 0.1) is 5.41 Å². The molecule has 0 aromatic heterocycles. The number of carbonyl (C=O) groups is 1. The molecular weight excluding hydrogens is 242 g/mol. The Morgan fingerprint density at radius 1 is 1.21 bits per heavy atom. The predicted octanol–water partition coefficient (Wildman–Crippen LogP) is 1.13. The van der Waals surface area contributed by atoms with Crippen LogP contribution in [-0.2, 0) is 0 Å². The van der Waals surface area contributed by atoms with Crippen LogP contribution in [0.25, 0.3) is 0 Å². The Labute approximate surface area is 113 Å². The number of amides is 1. The molecule has 1 aromatic carbocycles. The summed E-state index contributed by atoms with van der Waals surface area (Å²) in [6, 6.07) is 4.82. The normalized spacial score (nSPS) is 17.3. The fourth-order valence-corrected chi connectivity index (χ4v) is 2.69. The number of anilines is 2. The first-order valence-corrected chi connectivity index (χ1v) is 6.60. The van der Waals surface area contributed by atoms with Gasteiger partial charge in [0.2, 0.25) is 0 Å². The van der Waals surface area contributed by atoms with Crippen molar-refractivity contribution in [3.05, 3.63) is 23.8 Å². The molecule has 104 valence electrons. The summed E-state index contributed by atoms with van der Waals surface area (Å²) in [5.74, 6) is -0.196. The summed E-state index contributed by atoms with van der Waals surface area (Å²) in [7, 11) is 0. The van der Waals surface area contributed by atoms with E-state index < -0.39 is 0 Å². The number of nitrogens with one attached hydrogen (secondary N) is 1. The van der Waals surface area contributed by atoms with E-state index in [-0.39, 0.29) is 17.9 Å². The first kappa shape index (κ1) is 13.7. The SMILES string of the molecule is Nc1cc(N)cc(C(=O)NCC2(CO)CCCC2)c1. The van der Waals surface area contributed by atoms with E-state index >= 15 is 0 Å². The van der Waals surface area contributed by atoms with Crippen molar-refractivity contribution >= 4 is 17.3 Å². The average molecular weight is 263 g/mol. The molecule has 1 fully saturated rings. The smallest absolute Gasteiger partial charge is 0.251 e. The molecule has 0 heterocycles. The predicted molar refractivity (Wildman–Crippen MR) is 75.6 cm³/mol. The summed E-state index contributed by atoms with van der Waals surface area (Å²) in [4.78, 5) is 12.1. The van der Waals surface area contributed by atoms with Gasteiger partial charge in [-0.15, -0.1) is 0 Å². The third kappa shape index (κ3) is 3.17. The van der Waals surface area contributed by atoms with Gasteiger partial charge in [0.1, 0.15) is 0 Å². The summed E-state index contributed by atoms with van der Waals surface area (Å²) in [5, 5.41) is 12.4. The monoisotopic (exact) mass is 263 g/mol. The first-order valence-electron chi connectivity index (χ1n) is 6.60. The minimum atomic E-state index is -0.196. The van der Waals surface area contributed by atoms with E-state index in [1.54, 1.807) is 18.2 Å². The summed E-state index contributed by atoms with van der Waals surface area (Å²) in [5.41, 5.74) is 12.6. The van der Waals surface area contributed by atoms with Crippen LogP contribution < -0.4 is 16.8 Å². The zero-order valence-corrected chi connectivity index (χ0v) is 11.0. The molecule has 2 rings (SSSR count). The quantitative estimate of drug-likeness (QED) is 0.612. The molecule has 0 atom stereocenters. The Bertz CT molecular complexity index is 448. The largest absolute Gasteiger partial charge is 0.399 e. The molecular formula is C14H21N3O2. The van der Waals surface area contributed by atoms with E-state index in [2.05, 4.69) is 5.32 Å². The molecule has 1 aliphatic carbocycles. The van der Waals surface area contributed by atoms with Gasteiger partial charge in [0, 0.05) is 28.9 Å². The van der Waals surface area contributed by atoms with E-state index in [1.165, 1.54) is 0 Å². The fourth-order valence-electron chi connectivity index (χ4n) is 2.69. The Morgan fingerprint density at radius 3 is 2.32 bits per heavy atom. The number of aliphatic hydroxyl groups excluding tert-OH is 1. The average Bonchev–Trinajstić information content (AvgIpc) is 2.84. The molecule has 0 radical (unpaired) electrons. The van der Waals surface area contributed by atoms with Gasteiger partial charge in [0.25, 0.3) is 5.91 Å². The molecule has 5 nitrogen and oxygen atoms in total. The maximum Gasteiger partial charge on any atom is 0.251 e. The molecule has 1 saturated carbocycles. The standard InChI is InChI=1S/C14H21N3O2/c15-11-5-10(6-12(16)7-11)13(19)17-8-14(9-18)3-1-2-4-14/h5-7,18H,1-4,8-9,15-16H2,(H,17,19). The second-order valence-corrected chi connectivity index (χ2v) is 5.44. The number of benzene rings is 1. The summed E-state index contributed by atoms with van der Waals surface area (Å²) >= 11 is 0. The van der Waals surface area contributed by atoms with Crippen molar-refractivity contribution < 1.29 is 9.90 Å². The highest BCUT2D eigenvalue weighted by Crippen LogP contribution is 2.36. The van der Waals surface area contributed by atoms with Crippen molar-refractivity contribution in [1.29, 1.82) is 0 Å². The zero-order chi connectivity index (χ0) is 13.9. The molecule has 0 saturated heterocycles. The van der Waals surface area contributed by atoms with Crippen LogP contribution in [0.5, 0.6) is 0 Å². The van der Waals surface area contributed by atoms with Crippen LogP contribution >= 0.6 is 0 Å². The highest BCUT2D eigenvalue weighted by Gasteiger charge is 2.33. The molecule has 1 aliphatic rings. The van der Waals surface area contributed by atoms with E-state index in [0.29, 0.717) is 23.5 Å². The number of carbonyl (C=O) groups excluding carboxylic acids is 1. The molecule has 0 spiro atoms. The highest BCUT2D eigenvalue weighted by atomic mass is 16.3. The van der Waals surface area contributed by atoms with Crippen molar-refractivity contribution in [3.8, 4) is 0 Å². The van der Waals surface area contributed by atoms with Gasteiger partial charge in [0.15, 0.2) is 0 Å². The topological polar surface area (TPSA) is 101 Å². The third-order valence-electron chi connectivity index (χ3n) is 3.86. The van der Waals surface area contributed by atoms with Crippen molar-refractivity contribution in [2.24, 2.45) is 5.41 Å². The molecule has 0 bridgehead atoms. The van der Waals surface area contributed by atoms with E-state index in [0.717, 1.165) is 25.7 Å². The van der Waals surface area contributed by atoms with Crippen molar-refractivity contribution in [2.45, 2.75) is 25.7 Å². The van der Waals surface area contributed by atoms with Crippen LogP contribution in [0.2, 0.25) is 0 Å².